The molecule has 4 heterocycles. The van der Waals surface area contributed by atoms with E-state index in [4.69, 9.17) is 9.47 Å². The van der Waals surface area contributed by atoms with Gasteiger partial charge in [-0.05, 0) is 56.4 Å². The second kappa shape index (κ2) is 14.0. The first kappa shape index (κ1) is 33.0. The van der Waals surface area contributed by atoms with Crippen LogP contribution in [0.5, 0.6) is 0 Å². The highest BCUT2D eigenvalue weighted by Crippen LogP contribution is 2.39. The van der Waals surface area contributed by atoms with Gasteiger partial charge in [0.2, 0.25) is 5.43 Å². The number of aliphatic hydroxyl groups excluding tert-OH is 1. The van der Waals surface area contributed by atoms with E-state index in [9.17, 15) is 32.7 Å². The number of esters is 1. The fourth-order valence-corrected chi connectivity index (χ4v) is 6.35. The van der Waals surface area contributed by atoms with E-state index >= 15 is 0 Å². The zero-order valence-corrected chi connectivity index (χ0v) is 25.8. The maximum atomic E-state index is 13.8. The van der Waals surface area contributed by atoms with Crippen LogP contribution in [-0.4, -0.2) is 64.6 Å². The molecule has 3 aromatic heterocycles. The summed E-state index contributed by atoms with van der Waals surface area (Å²) < 4.78 is 52.8. The number of fused-ring (bicyclic) bond motifs is 1. The third-order valence-corrected chi connectivity index (χ3v) is 8.58. The van der Waals surface area contributed by atoms with Crippen molar-refractivity contribution in [3.8, 4) is 21.7 Å². The number of carbonyl (C=O) groups excluding carboxylic acids is 2. The van der Waals surface area contributed by atoms with E-state index in [-0.39, 0.29) is 46.5 Å². The molecule has 1 aliphatic heterocycles. The van der Waals surface area contributed by atoms with Crippen molar-refractivity contribution in [1.29, 1.82) is 0 Å². The Morgan fingerprint density at radius 2 is 1.96 bits per heavy atom. The van der Waals surface area contributed by atoms with E-state index in [2.05, 4.69) is 20.6 Å². The van der Waals surface area contributed by atoms with Crippen molar-refractivity contribution in [2.24, 2.45) is 5.92 Å². The molecule has 244 valence electrons. The van der Waals surface area contributed by atoms with Crippen LogP contribution < -0.4 is 16.1 Å². The standard InChI is InChI=1S/C31H32F3N5O6S/c1-3-35-30(43)38-26-12-19(28-37-25(16-46-28)31(32,33)34)21(13-36-26)18-5-6-23-20(11-18)27(41)22(29(42)45-4-2)14-39(23)24(15-40)17-7-9-44-10-8-17/h5-6,11-14,16-17,24,40H,3-4,7-10,15H2,1-2H3,(H2,35,36,38,43). The normalized spacial score (nSPS) is 14.7. The Labute approximate surface area is 265 Å². The molecule has 1 aromatic carbocycles. The van der Waals surface area contributed by atoms with E-state index in [1.807, 2.05) is 0 Å². The quantitative estimate of drug-likeness (QED) is 0.200. The van der Waals surface area contributed by atoms with Crippen LogP contribution in [0.15, 0.2) is 46.8 Å². The Hall–Kier alpha value is -4.34. The first-order chi connectivity index (χ1) is 22.0. The molecule has 1 unspecified atom stereocenters. The number of pyridine rings is 2. The zero-order chi connectivity index (χ0) is 33.0. The molecule has 1 atom stereocenters. The van der Waals surface area contributed by atoms with Crippen LogP contribution in [0.3, 0.4) is 0 Å². The van der Waals surface area contributed by atoms with Crippen molar-refractivity contribution in [2.45, 2.75) is 38.9 Å². The molecule has 11 nitrogen and oxygen atoms in total. The Kier molecular flexibility index (Phi) is 10.0. The molecule has 1 fully saturated rings. The largest absolute Gasteiger partial charge is 0.462 e. The molecule has 2 amide bonds. The minimum absolute atomic E-state index is 0.00709. The SMILES string of the molecule is CCNC(=O)Nc1cc(-c2nc(C(F)(F)F)cs2)c(-c2ccc3c(c2)c(=O)c(C(=O)OCC)cn3C(CO)C2CCOCC2)cn1. The lowest BCUT2D eigenvalue weighted by molar-refractivity contribution is -0.140. The average molecular weight is 660 g/mol. The molecule has 1 aliphatic rings. The fourth-order valence-electron chi connectivity index (χ4n) is 5.50. The van der Waals surface area contributed by atoms with E-state index in [1.165, 1.54) is 24.5 Å². The maximum absolute atomic E-state index is 13.8. The molecular formula is C31H32F3N5O6S. The van der Waals surface area contributed by atoms with Crippen LogP contribution >= 0.6 is 11.3 Å². The summed E-state index contributed by atoms with van der Waals surface area (Å²) in [7, 11) is 0. The number of hydrogen-bond donors (Lipinski definition) is 3. The molecule has 3 N–H and O–H groups in total. The van der Waals surface area contributed by atoms with Gasteiger partial charge in [0.25, 0.3) is 0 Å². The molecular weight excluding hydrogens is 627 g/mol. The summed E-state index contributed by atoms with van der Waals surface area (Å²) in [6.07, 6.45) is -0.536. The first-order valence-electron chi connectivity index (χ1n) is 14.7. The Balaban J connectivity index is 1.70. The summed E-state index contributed by atoms with van der Waals surface area (Å²) in [5, 5.41) is 16.7. The summed E-state index contributed by atoms with van der Waals surface area (Å²) in [5.74, 6) is -0.737. The third kappa shape index (κ3) is 6.90. The predicted molar refractivity (Wildman–Crippen MR) is 166 cm³/mol. The molecule has 0 spiro atoms. The number of halogens is 3. The van der Waals surface area contributed by atoms with Crippen molar-refractivity contribution in [2.75, 3.05) is 38.3 Å². The van der Waals surface area contributed by atoms with Crippen molar-refractivity contribution in [3.63, 3.8) is 0 Å². The van der Waals surface area contributed by atoms with Gasteiger partial charge in [0.1, 0.15) is 16.4 Å². The third-order valence-electron chi connectivity index (χ3n) is 7.70. The number of aromatic nitrogens is 3. The van der Waals surface area contributed by atoms with Gasteiger partial charge in [-0.1, -0.05) is 6.07 Å². The van der Waals surface area contributed by atoms with Gasteiger partial charge in [-0.15, -0.1) is 11.3 Å². The van der Waals surface area contributed by atoms with Crippen molar-refractivity contribution in [3.05, 3.63) is 63.5 Å². The lowest BCUT2D eigenvalue weighted by atomic mass is 9.91. The predicted octanol–water partition coefficient (Wildman–Crippen LogP) is 5.48. The van der Waals surface area contributed by atoms with Crippen molar-refractivity contribution < 1.29 is 37.3 Å². The summed E-state index contributed by atoms with van der Waals surface area (Å²) in [5.41, 5.74) is -0.470. The smallest absolute Gasteiger partial charge is 0.434 e. The van der Waals surface area contributed by atoms with E-state index in [0.29, 0.717) is 49.2 Å². The number of benzene rings is 1. The van der Waals surface area contributed by atoms with Crippen LogP contribution in [0.25, 0.3) is 32.6 Å². The van der Waals surface area contributed by atoms with Crippen LogP contribution in [0.1, 0.15) is 48.8 Å². The Bertz CT molecular complexity index is 1800. The summed E-state index contributed by atoms with van der Waals surface area (Å²) >= 11 is 0.768. The number of urea groups is 1. The maximum Gasteiger partial charge on any atom is 0.434 e. The van der Waals surface area contributed by atoms with Gasteiger partial charge in [0, 0.05) is 54.0 Å². The highest BCUT2D eigenvalue weighted by atomic mass is 32.1. The molecule has 0 radical (unpaired) electrons. The number of rotatable bonds is 9. The van der Waals surface area contributed by atoms with Gasteiger partial charge < -0.3 is 24.5 Å². The van der Waals surface area contributed by atoms with Gasteiger partial charge in [-0.25, -0.2) is 19.6 Å². The van der Waals surface area contributed by atoms with Gasteiger partial charge in [-0.2, -0.15) is 13.2 Å². The van der Waals surface area contributed by atoms with E-state index in [1.54, 1.807) is 30.5 Å². The number of nitrogens with one attached hydrogen (secondary N) is 2. The van der Waals surface area contributed by atoms with Crippen molar-refractivity contribution >= 4 is 40.1 Å². The molecule has 15 heteroatoms. The summed E-state index contributed by atoms with van der Waals surface area (Å²) in [6.45, 7) is 4.50. The number of amides is 2. The zero-order valence-electron chi connectivity index (χ0n) is 25.0. The number of nitrogens with zero attached hydrogens (tertiary/aromatic N) is 3. The van der Waals surface area contributed by atoms with Crippen LogP contribution in [0.4, 0.5) is 23.8 Å². The molecule has 4 aromatic rings. The van der Waals surface area contributed by atoms with E-state index < -0.39 is 35.3 Å². The Morgan fingerprint density at radius 3 is 2.61 bits per heavy atom. The number of hydrogen-bond acceptors (Lipinski definition) is 9. The molecule has 1 saturated heterocycles. The lowest BCUT2D eigenvalue weighted by Gasteiger charge is -2.32. The number of thiazole rings is 1. The highest BCUT2D eigenvalue weighted by Gasteiger charge is 2.34. The fraction of sp³-hybridized carbons (Fsp3) is 0.387. The number of carbonyl (C=O) groups is 2. The number of anilines is 1. The minimum Gasteiger partial charge on any atom is -0.462 e. The lowest BCUT2D eigenvalue weighted by Crippen LogP contribution is -2.31. The van der Waals surface area contributed by atoms with Gasteiger partial charge >= 0.3 is 18.2 Å². The van der Waals surface area contributed by atoms with Crippen LogP contribution in [0.2, 0.25) is 0 Å². The second-order valence-electron chi connectivity index (χ2n) is 10.6. The minimum atomic E-state index is -4.67. The van der Waals surface area contributed by atoms with E-state index in [0.717, 1.165) is 16.7 Å². The highest BCUT2D eigenvalue weighted by molar-refractivity contribution is 7.13. The second-order valence-corrected chi connectivity index (χ2v) is 11.4. The Morgan fingerprint density at radius 1 is 1.20 bits per heavy atom. The number of aliphatic hydroxyl groups is 1. The first-order valence-corrected chi connectivity index (χ1v) is 15.6. The summed E-state index contributed by atoms with van der Waals surface area (Å²) in [6, 6.07) is 5.26. The topological polar surface area (TPSA) is 145 Å². The number of ether oxygens (including phenoxy) is 2. The van der Waals surface area contributed by atoms with Gasteiger partial charge in [-0.3, -0.25) is 10.1 Å². The molecule has 0 aliphatic carbocycles. The van der Waals surface area contributed by atoms with Gasteiger partial charge in [0.05, 0.1) is 24.8 Å². The average Bonchev–Trinajstić information content (AvgIpc) is 3.54. The summed E-state index contributed by atoms with van der Waals surface area (Å²) in [4.78, 5) is 47.0. The number of alkyl halides is 3. The van der Waals surface area contributed by atoms with Gasteiger partial charge in [0.15, 0.2) is 5.69 Å². The molecule has 0 saturated carbocycles. The monoisotopic (exact) mass is 659 g/mol. The van der Waals surface area contributed by atoms with Crippen LogP contribution in [0, 0.1) is 5.92 Å². The van der Waals surface area contributed by atoms with Crippen molar-refractivity contribution in [1.82, 2.24) is 19.9 Å². The molecule has 5 rings (SSSR count). The molecule has 0 bridgehead atoms. The molecule has 46 heavy (non-hydrogen) atoms. The van der Waals surface area contributed by atoms with Crippen LogP contribution in [-0.2, 0) is 15.7 Å².